The first-order chi connectivity index (χ1) is 9.60. The zero-order valence-electron chi connectivity index (χ0n) is 11.4. The lowest BCUT2D eigenvalue weighted by Gasteiger charge is -2.43. The highest BCUT2D eigenvalue weighted by molar-refractivity contribution is 7.12. The SMILES string of the molecule is NC1(C(=O)N2CCN(C(=O)c3cccs3)CC2)CCC1. The van der Waals surface area contributed by atoms with Crippen LogP contribution in [-0.4, -0.2) is 53.3 Å². The molecule has 3 rings (SSSR count). The standard InChI is InChI=1S/C14H19N3O2S/c15-14(4-2-5-14)13(19)17-8-6-16(7-9-17)12(18)11-3-1-10-20-11/h1,3,10H,2,4-9,15H2. The summed E-state index contributed by atoms with van der Waals surface area (Å²) in [5.41, 5.74) is 5.45. The molecule has 5 nitrogen and oxygen atoms in total. The summed E-state index contributed by atoms with van der Waals surface area (Å²) < 4.78 is 0. The molecule has 6 heteroatoms. The molecule has 1 saturated heterocycles. The molecule has 20 heavy (non-hydrogen) atoms. The van der Waals surface area contributed by atoms with E-state index in [-0.39, 0.29) is 11.8 Å². The van der Waals surface area contributed by atoms with Gasteiger partial charge in [-0.1, -0.05) is 6.07 Å². The van der Waals surface area contributed by atoms with Crippen LogP contribution in [0.3, 0.4) is 0 Å². The van der Waals surface area contributed by atoms with Gasteiger partial charge in [0.25, 0.3) is 5.91 Å². The van der Waals surface area contributed by atoms with Gasteiger partial charge >= 0.3 is 0 Å². The Labute approximate surface area is 122 Å². The smallest absolute Gasteiger partial charge is 0.264 e. The quantitative estimate of drug-likeness (QED) is 0.881. The maximum absolute atomic E-state index is 12.3. The summed E-state index contributed by atoms with van der Waals surface area (Å²) >= 11 is 1.46. The van der Waals surface area contributed by atoms with Gasteiger partial charge in [-0.3, -0.25) is 9.59 Å². The Morgan fingerprint density at radius 1 is 1.15 bits per heavy atom. The Morgan fingerprint density at radius 3 is 2.30 bits per heavy atom. The number of carbonyl (C=O) groups excluding carboxylic acids is 2. The maximum atomic E-state index is 12.3. The van der Waals surface area contributed by atoms with Crippen LogP contribution < -0.4 is 5.73 Å². The molecule has 1 aromatic heterocycles. The van der Waals surface area contributed by atoms with E-state index in [0.29, 0.717) is 26.2 Å². The van der Waals surface area contributed by atoms with Crippen molar-refractivity contribution < 1.29 is 9.59 Å². The molecule has 0 atom stereocenters. The minimum atomic E-state index is -0.625. The molecular weight excluding hydrogens is 274 g/mol. The van der Waals surface area contributed by atoms with Crippen molar-refractivity contribution in [3.63, 3.8) is 0 Å². The van der Waals surface area contributed by atoms with Gasteiger partial charge in [-0.15, -0.1) is 11.3 Å². The number of carbonyl (C=O) groups is 2. The van der Waals surface area contributed by atoms with Crippen molar-refractivity contribution in [2.45, 2.75) is 24.8 Å². The second kappa shape index (κ2) is 5.18. The summed E-state index contributed by atoms with van der Waals surface area (Å²) in [4.78, 5) is 28.9. The Kier molecular flexibility index (Phi) is 3.52. The molecule has 2 N–H and O–H groups in total. The van der Waals surface area contributed by atoms with Gasteiger partial charge in [-0.2, -0.15) is 0 Å². The molecule has 0 bridgehead atoms. The zero-order chi connectivity index (χ0) is 14.2. The van der Waals surface area contributed by atoms with E-state index in [0.717, 1.165) is 24.1 Å². The van der Waals surface area contributed by atoms with Gasteiger partial charge in [-0.25, -0.2) is 0 Å². The largest absolute Gasteiger partial charge is 0.338 e. The Bertz CT molecular complexity index is 502. The summed E-state index contributed by atoms with van der Waals surface area (Å²) in [6.45, 7) is 2.38. The molecule has 1 aliphatic carbocycles. The van der Waals surface area contributed by atoms with Crippen LogP contribution in [0.1, 0.15) is 28.9 Å². The van der Waals surface area contributed by atoms with Gasteiger partial charge in [0.1, 0.15) is 0 Å². The Morgan fingerprint density at radius 2 is 1.80 bits per heavy atom. The van der Waals surface area contributed by atoms with E-state index in [4.69, 9.17) is 5.73 Å². The monoisotopic (exact) mass is 293 g/mol. The molecule has 2 heterocycles. The van der Waals surface area contributed by atoms with Crippen molar-refractivity contribution in [2.24, 2.45) is 5.73 Å². The highest BCUT2D eigenvalue weighted by Gasteiger charge is 2.43. The fourth-order valence-electron chi connectivity index (χ4n) is 2.76. The predicted octanol–water partition coefficient (Wildman–Crippen LogP) is 0.914. The number of hydrogen-bond acceptors (Lipinski definition) is 4. The van der Waals surface area contributed by atoms with Crippen LogP contribution in [0.5, 0.6) is 0 Å². The minimum Gasteiger partial charge on any atom is -0.338 e. The third-order valence-electron chi connectivity index (χ3n) is 4.26. The van der Waals surface area contributed by atoms with Crippen molar-refractivity contribution in [3.05, 3.63) is 22.4 Å². The van der Waals surface area contributed by atoms with Crippen LogP contribution in [0.15, 0.2) is 17.5 Å². The molecule has 0 radical (unpaired) electrons. The van der Waals surface area contributed by atoms with Gasteiger partial charge in [-0.05, 0) is 30.7 Å². The first kappa shape index (κ1) is 13.6. The number of rotatable bonds is 2. The van der Waals surface area contributed by atoms with Crippen molar-refractivity contribution in [3.8, 4) is 0 Å². The van der Waals surface area contributed by atoms with Crippen molar-refractivity contribution in [1.82, 2.24) is 9.80 Å². The topological polar surface area (TPSA) is 66.6 Å². The Balaban J connectivity index is 1.57. The fourth-order valence-corrected chi connectivity index (χ4v) is 3.45. The van der Waals surface area contributed by atoms with Crippen molar-refractivity contribution in [1.29, 1.82) is 0 Å². The summed E-state index contributed by atoms with van der Waals surface area (Å²) in [6, 6.07) is 3.72. The van der Waals surface area contributed by atoms with Gasteiger partial charge < -0.3 is 15.5 Å². The molecule has 2 amide bonds. The van der Waals surface area contributed by atoms with E-state index >= 15 is 0 Å². The van der Waals surface area contributed by atoms with Crippen LogP contribution in [0.2, 0.25) is 0 Å². The molecule has 0 unspecified atom stereocenters. The van der Waals surface area contributed by atoms with E-state index in [2.05, 4.69) is 0 Å². The van der Waals surface area contributed by atoms with E-state index in [1.54, 1.807) is 0 Å². The third kappa shape index (κ3) is 2.33. The lowest BCUT2D eigenvalue weighted by molar-refractivity contribution is -0.141. The average Bonchev–Trinajstić information content (AvgIpc) is 2.97. The van der Waals surface area contributed by atoms with Gasteiger partial charge in [0.05, 0.1) is 10.4 Å². The van der Waals surface area contributed by atoms with Crippen molar-refractivity contribution >= 4 is 23.2 Å². The molecule has 1 saturated carbocycles. The number of piperazine rings is 1. The van der Waals surface area contributed by atoms with Crippen LogP contribution in [-0.2, 0) is 4.79 Å². The van der Waals surface area contributed by atoms with Crippen LogP contribution in [0, 0.1) is 0 Å². The van der Waals surface area contributed by atoms with E-state index in [9.17, 15) is 9.59 Å². The molecule has 108 valence electrons. The van der Waals surface area contributed by atoms with E-state index < -0.39 is 5.54 Å². The highest BCUT2D eigenvalue weighted by Crippen LogP contribution is 2.31. The summed E-state index contributed by atoms with van der Waals surface area (Å²) in [7, 11) is 0. The highest BCUT2D eigenvalue weighted by atomic mass is 32.1. The Hall–Kier alpha value is -1.40. The van der Waals surface area contributed by atoms with Crippen LogP contribution in [0.4, 0.5) is 0 Å². The predicted molar refractivity (Wildman–Crippen MR) is 77.6 cm³/mol. The number of amides is 2. The van der Waals surface area contributed by atoms with E-state index in [1.807, 2.05) is 27.3 Å². The number of nitrogens with two attached hydrogens (primary N) is 1. The first-order valence-electron chi connectivity index (χ1n) is 7.01. The van der Waals surface area contributed by atoms with E-state index in [1.165, 1.54) is 11.3 Å². The van der Waals surface area contributed by atoms with Gasteiger partial charge in [0.15, 0.2) is 0 Å². The molecule has 1 aromatic rings. The normalized spacial score (nSPS) is 21.4. The molecule has 2 aliphatic rings. The number of thiophene rings is 1. The number of nitrogens with zero attached hydrogens (tertiary/aromatic N) is 2. The minimum absolute atomic E-state index is 0.0620. The second-order valence-corrected chi connectivity index (χ2v) is 6.52. The van der Waals surface area contributed by atoms with Gasteiger partial charge in [0, 0.05) is 26.2 Å². The number of hydrogen-bond donors (Lipinski definition) is 1. The molecule has 0 spiro atoms. The molecular formula is C14H19N3O2S. The summed E-state index contributed by atoms with van der Waals surface area (Å²) in [6.07, 6.45) is 2.62. The molecule has 0 aromatic carbocycles. The molecule has 1 aliphatic heterocycles. The van der Waals surface area contributed by atoms with Crippen LogP contribution >= 0.6 is 11.3 Å². The lowest BCUT2D eigenvalue weighted by atomic mass is 9.76. The first-order valence-corrected chi connectivity index (χ1v) is 7.89. The summed E-state index contributed by atoms with van der Waals surface area (Å²) in [5.74, 6) is 0.130. The second-order valence-electron chi connectivity index (χ2n) is 5.57. The van der Waals surface area contributed by atoms with Gasteiger partial charge in [0.2, 0.25) is 5.91 Å². The maximum Gasteiger partial charge on any atom is 0.264 e. The van der Waals surface area contributed by atoms with Crippen LogP contribution in [0.25, 0.3) is 0 Å². The zero-order valence-corrected chi connectivity index (χ0v) is 12.2. The van der Waals surface area contributed by atoms with Crippen molar-refractivity contribution in [2.75, 3.05) is 26.2 Å². The average molecular weight is 293 g/mol. The summed E-state index contributed by atoms with van der Waals surface area (Å²) in [5, 5.41) is 1.90. The fraction of sp³-hybridized carbons (Fsp3) is 0.571. The third-order valence-corrected chi connectivity index (χ3v) is 5.12. The molecule has 2 fully saturated rings. The lowest BCUT2D eigenvalue weighted by Crippen LogP contribution is -2.62.